The Morgan fingerprint density at radius 1 is 0.771 bits per heavy atom. The molecule has 1 heterocycles. The molecule has 7 rings (SSSR count). The number of carbonyl (C=O) groups excluding carboxylic acids is 1. The van der Waals surface area contributed by atoms with Crippen molar-refractivity contribution in [1.29, 1.82) is 0 Å². The van der Waals surface area contributed by atoms with Crippen LogP contribution in [0.2, 0.25) is 0 Å². The van der Waals surface area contributed by atoms with Crippen LogP contribution >= 0.6 is 0 Å². The Hall–Kier alpha value is -5.60. The van der Waals surface area contributed by atoms with E-state index in [1.54, 1.807) is 41.3 Å². The highest BCUT2D eigenvalue weighted by molar-refractivity contribution is 7.92. The number of rotatable bonds is 9. The van der Waals surface area contributed by atoms with Crippen LogP contribution in [-0.4, -0.2) is 20.9 Å². The number of carbonyl (C=O) groups is 1. The first-order valence-electron chi connectivity index (χ1n) is 15.9. The van der Waals surface area contributed by atoms with E-state index in [1.807, 2.05) is 74.5 Å². The fourth-order valence-corrected chi connectivity index (χ4v) is 7.40. The van der Waals surface area contributed by atoms with Gasteiger partial charge in [-0.15, -0.1) is 0 Å². The Morgan fingerprint density at radius 3 is 2.23 bits per heavy atom. The van der Waals surface area contributed by atoms with E-state index < -0.39 is 16.2 Å². The molecule has 0 bridgehead atoms. The predicted octanol–water partition coefficient (Wildman–Crippen LogP) is 8.71. The van der Waals surface area contributed by atoms with E-state index in [2.05, 4.69) is 46.0 Å². The number of sulfonamides is 1. The maximum Gasteiger partial charge on any atom is 0.262 e. The number of ether oxygens (including phenoxy) is 1. The van der Waals surface area contributed by atoms with Crippen molar-refractivity contribution < 1.29 is 17.9 Å². The molecule has 6 aromatic rings. The third kappa shape index (κ3) is 5.98. The van der Waals surface area contributed by atoms with Gasteiger partial charge < -0.3 is 9.64 Å². The second-order valence-electron chi connectivity index (χ2n) is 11.8. The van der Waals surface area contributed by atoms with Crippen molar-refractivity contribution in [2.45, 2.75) is 31.5 Å². The van der Waals surface area contributed by atoms with Crippen molar-refractivity contribution in [3.8, 4) is 5.75 Å². The molecule has 8 heteroatoms. The smallest absolute Gasteiger partial charge is 0.262 e. The Morgan fingerprint density at radius 2 is 1.48 bits per heavy atom. The largest absolute Gasteiger partial charge is 0.494 e. The fourth-order valence-electron chi connectivity index (χ4n) is 6.31. The van der Waals surface area contributed by atoms with Gasteiger partial charge >= 0.3 is 0 Å². The SMILES string of the molecule is CCOc1ccc(NS(=O)(=O)c2ccc3c(c2)C(=O)N(c2ccc(C)cc2)[C@H](c2cccc4ccccc24)N3Cc2ccccc2)cc1. The van der Waals surface area contributed by atoms with Crippen LogP contribution in [-0.2, 0) is 16.6 Å². The molecule has 0 spiro atoms. The van der Waals surface area contributed by atoms with Crippen LogP contribution in [0, 0.1) is 6.92 Å². The highest BCUT2D eigenvalue weighted by Gasteiger charge is 2.41. The maximum absolute atomic E-state index is 14.8. The molecular formula is C40H35N3O4S. The van der Waals surface area contributed by atoms with E-state index in [9.17, 15) is 13.2 Å². The van der Waals surface area contributed by atoms with Crippen molar-refractivity contribution >= 4 is 43.8 Å². The molecule has 1 aliphatic rings. The molecule has 0 aromatic heterocycles. The lowest BCUT2D eigenvalue weighted by Gasteiger charge is -2.46. The van der Waals surface area contributed by atoms with Crippen molar-refractivity contribution in [1.82, 2.24) is 0 Å². The first-order valence-corrected chi connectivity index (χ1v) is 17.4. The maximum atomic E-state index is 14.8. The van der Waals surface area contributed by atoms with Crippen molar-refractivity contribution in [3.63, 3.8) is 0 Å². The molecule has 1 amide bonds. The van der Waals surface area contributed by atoms with E-state index in [4.69, 9.17) is 4.74 Å². The van der Waals surface area contributed by atoms with Gasteiger partial charge in [0, 0.05) is 23.5 Å². The van der Waals surface area contributed by atoms with E-state index in [-0.39, 0.29) is 10.8 Å². The Kier molecular flexibility index (Phi) is 8.33. The Bertz CT molecular complexity index is 2200. The Labute approximate surface area is 281 Å². The summed E-state index contributed by atoms with van der Waals surface area (Å²) in [5.74, 6) is 0.365. The second-order valence-corrected chi connectivity index (χ2v) is 13.5. The first-order chi connectivity index (χ1) is 23.3. The monoisotopic (exact) mass is 653 g/mol. The van der Waals surface area contributed by atoms with Crippen LogP contribution in [0.4, 0.5) is 17.1 Å². The van der Waals surface area contributed by atoms with Gasteiger partial charge in [-0.3, -0.25) is 14.4 Å². The van der Waals surface area contributed by atoms with Crippen LogP contribution in [0.15, 0.2) is 144 Å². The van der Waals surface area contributed by atoms with E-state index >= 15 is 0 Å². The Balaban J connectivity index is 1.39. The quantitative estimate of drug-likeness (QED) is 0.169. The van der Waals surface area contributed by atoms with Crippen molar-refractivity contribution in [2.24, 2.45) is 0 Å². The van der Waals surface area contributed by atoms with Gasteiger partial charge in [0.2, 0.25) is 0 Å². The van der Waals surface area contributed by atoms with Crippen molar-refractivity contribution in [3.05, 3.63) is 162 Å². The summed E-state index contributed by atoms with van der Waals surface area (Å²) in [5, 5.41) is 2.11. The number of amides is 1. The van der Waals surface area contributed by atoms with Crippen molar-refractivity contribution in [2.75, 3.05) is 21.1 Å². The van der Waals surface area contributed by atoms with Gasteiger partial charge in [0.25, 0.3) is 15.9 Å². The summed E-state index contributed by atoms with van der Waals surface area (Å²) in [4.78, 5) is 18.8. The summed E-state index contributed by atoms with van der Waals surface area (Å²) >= 11 is 0. The van der Waals surface area contributed by atoms with Gasteiger partial charge in [-0.05, 0) is 84.8 Å². The van der Waals surface area contributed by atoms with Gasteiger partial charge in [-0.1, -0.05) is 90.5 Å². The minimum absolute atomic E-state index is 0.00406. The van der Waals surface area contributed by atoms with Gasteiger partial charge in [-0.25, -0.2) is 8.42 Å². The molecule has 0 saturated heterocycles. The third-order valence-corrected chi connectivity index (χ3v) is 9.98. The van der Waals surface area contributed by atoms with Gasteiger partial charge in [-0.2, -0.15) is 0 Å². The van der Waals surface area contributed by atoms with E-state index in [0.717, 1.165) is 27.5 Å². The molecule has 48 heavy (non-hydrogen) atoms. The normalized spacial score (nSPS) is 14.5. The third-order valence-electron chi connectivity index (χ3n) is 8.60. The molecule has 1 aliphatic heterocycles. The van der Waals surface area contributed by atoms with Gasteiger partial charge in [0.15, 0.2) is 0 Å². The number of nitrogens with zero attached hydrogens (tertiary/aromatic N) is 2. The number of aryl methyl sites for hydroxylation is 1. The highest BCUT2D eigenvalue weighted by Crippen LogP contribution is 2.45. The zero-order valence-electron chi connectivity index (χ0n) is 26.7. The van der Waals surface area contributed by atoms with Gasteiger partial charge in [0.05, 0.1) is 22.8 Å². The summed E-state index contributed by atoms with van der Waals surface area (Å²) in [6, 6.07) is 43.9. The molecule has 240 valence electrons. The molecule has 6 aromatic carbocycles. The lowest BCUT2D eigenvalue weighted by Crippen LogP contribution is -2.49. The summed E-state index contributed by atoms with van der Waals surface area (Å²) < 4.78 is 35.6. The number of hydrogen-bond acceptors (Lipinski definition) is 5. The summed E-state index contributed by atoms with van der Waals surface area (Å²) in [5.41, 5.74) is 5.17. The number of fused-ring (bicyclic) bond motifs is 2. The molecular weight excluding hydrogens is 619 g/mol. The van der Waals surface area contributed by atoms with Gasteiger partial charge in [0.1, 0.15) is 11.9 Å². The van der Waals surface area contributed by atoms with E-state index in [0.29, 0.717) is 41.5 Å². The standard InChI is InChI=1S/C40H35N3O4S/c1-3-47-33-22-18-31(19-23-33)41-48(45,46)34-24-25-38-37(26-34)40(44)43(32-20-16-28(2)17-21-32)39(42(38)27-29-10-5-4-6-11-29)36-15-9-13-30-12-7-8-14-35(30)36/h4-26,39,41H,3,27H2,1-2H3/t39-/m1/s1. The number of nitrogens with one attached hydrogen (secondary N) is 1. The van der Waals surface area contributed by atoms with Crippen LogP contribution < -0.4 is 19.3 Å². The summed E-state index contributed by atoms with van der Waals surface area (Å²) in [6.07, 6.45) is -0.525. The molecule has 1 atom stereocenters. The lowest BCUT2D eigenvalue weighted by atomic mass is 9.95. The van der Waals surface area contributed by atoms with Crippen LogP contribution in [0.3, 0.4) is 0 Å². The molecule has 1 N–H and O–H groups in total. The first kappa shape index (κ1) is 31.0. The zero-order valence-corrected chi connectivity index (χ0v) is 27.5. The summed E-state index contributed by atoms with van der Waals surface area (Å²) in [6.45, 7) is 4.89. The van der Waals surface area contributed by atoms with E-state index in [1.165, 1.54) is 6.07 Å². The predicted molar refractivity (Wildman–Crippen MR) is 192 cm³/mol. The highest BCUT2D eigenvalue weighted by atomic mass is 32.2. The second kappa shape index (κ2) is 12.9. The number of anilines is 3. The van der Waals surface area contributed by atoms with Crippen LogP contribution in [0.25, 0.3) is 10.8 Å². The molecule has 0 radical (unpaired) electrons. The average Bonchev–Trinajstić information content (AvgIpc) is 3.11. The minimum atomic E-state index is -4.03. The lowest BCUT2D eigenvalue weighted by molar-refractivity contribution is 0.0968. The number of hydrogen-bond donors (Lipinski definition) is 1. The van der Waals surface area contributed by atoms with Crippen LogP contribution in [0.1, 0.15) is 40.1 Å². The average molecular weight is 654 g/mol. The van der Waals surface area contributed by atoms with Crippen LogP contribution in [0.5, 0.6) is 5.75 Å². The molecule has 0 unspecified atom stereocenters. The number of benzene rings is 6. The molecule has 0 aliphatic carbocycles. The summed E-state index contributed by atoms with van der Waals surface area (Å²) in [7, 11) is -4.03. The molecule has 0 fully saturated rings. The minimum Gasteiger partial charge on any atom is -0.494 e. The topological polar surface area (TPSA) is 78.9 Å². The molecule has 7 nitrogen and oxygen atoms in total. The molecule has 0 saturated carbocycles. The zero-order chi connectivity index (χ0) is 33.3. The fraction of sp³-hybridized carbons (Fsp3) is 0.125.